The van der Waals surface area contributed by atoms with Crippen molar-refractivity contribution in [1.82, 2.24) is 14.0 Å². The standard InChI is InChI=1S/C22H27N5O3S/c1-24-20(29)16(21(30)25(2)22(24)31)14-23-17-13-15(19(28)27-11-5-6-12-27)7-8-18(17)26-9-3-4-10-26/h7-8,13-14,29H,3-6,9-12H2,1-2H3. The van der Waals surface area contributed by atoms with E-state index < -0.39 is 5.56 Å². The molecule has 2 aliphatic heterocycles. The Labute approximate surface area is 186 Å². The number of carbonyl (C=O) groups is 1. The topological polar surface area (TPSA) is 83.1 Å². The summed E-state index contributed by atoms with van der Waals surface area (Å²) < 4.78 is 2.88. The Balaban J connectivity index is 1.77. The fraction of sp³-hybridized carbons (Fsp3) is 0.455. The van der Waals surface area contributed by atoms with Crippen molar-refractivity contribution in [1.29, 1.82) is 0 Å². The van der Waals surface area contributed by atoms with Crippen molar-refractivity contribution in [3.63, 3.8) is 0 Å². The third-order valence-corrected chi connectivity index (χ3v) is 6.61. The molecule has 1 N–H and O–H groups in total. The monoisotopic (exact) mass is 441 g/mol. The van der Waals surface area contributed by atoms with Gasteiger partial charge in [0.1, 0.15) is 5.56 Å². The number of aliphatic imine (C=N–C) groups is 1. The second-order valence-electron chi connectivity index (χ2n) is 8.10. The number of likely N-dealkylation sites (tertiary alicyclic amines) is 1. The molecule has 1 aromatic carbocycles. The molecule has 1 aromatic heterocycles. The van der Waals surface area contributed by atoms with E-state index in [2.05, 4.69) is 9.89 Å². The number of amides is 1. The Bertz CT molecular complexity index is 1150. The van der Waals surface area contributed by atoms with Crippen molar-refractivity contribution in [2.24, 2.45) is 19.1 Å². The zero-order valence-electron chi connectivity index (χ0n) is 17.9. The molecule has 0 atom stereocenters. The summed E-state index contributed by atoms with van der Waals surface area (Å²) in [7, 11) is 3.16. The third-order valence-electron chi connectivity index (χ3n) is 6.06. The molecular formula is C22H27N5O3S. The first-order chi connectivity index (χ1) is 14.9. The summed E-state index contributed by atoms with van der Waals surface area (Å²) in [5, 5.41) is 10.4. The molecule has 2 aliphatic rings. The van der Waals surface area contributed by atoms with E-state index in [1.54, 1.807) is 20.2 Å². The third kappa shape index (κ3) is 4.01. The van der Waals surface area contributed by atoms with Crippen LogP contribution in [0.4, 0.5) is 11.4 Å². The van der Waals surface area contributed by atoms with Crippen LogP contribution in [0.2, 0.25) is 0 Å². The van der Waals surface area contributed by atoms with Gasteiger partial charge in [-0.3, -0.25) is 23.7 Å². The minimum Gasteiger partial charge on any atom is -0.494 e. The molecule has 31 heavy (non-hydrogen) atoms. The van der Waals surface area contributed by atoms with E-state index >= 15 is 0 Å². The predicted molar refractivity (Wildman–Crippen MR) is 123 cm³/mol. The lowest BCUT2D eigenvalue weighted by Gasteiger charge is -2.21. The Hall–Kier alpha value is -2.94. The van der Waals surface area contributed by atoms with Crippen LogP contribution in [0.25, 0.3) is 0 Å². The number of aromatic nitrogens is 2. The molecule has 1 amide bonds. The number of nitrogens with zero attached hydrogens (tertiary/aromatic N) is 5. The van der Waals surface area contributed by atoms with Crippen LogP contribution >= 0.6 is 12.2 Å². The molecule has 8 nitrogen and oxygen atoms in total. The highest BCUT2D eigenvalue weighted by Gasteiger charge is 2.22. The van der Waals surface area contributed by atoms with Crippen molar-refractivity contribution in [2.75, 3.05) is 31.1 Å². The Morgan fingerprint density at radius 2 is 1.71 bits per heavy atom. The summed E-state index contributed by atoms with van der Waals surface area (Å²) in [5.41, 5.74) is 1.75. The molecule has 3 heterocycles. The number of carbonyl (C=O) groups excluding carboxylic acids is 1. The van der Waals surface area contributed by atoms with Crippen molar-refractivity contribution in [2.45, 2.75) is 25.7 Å². The maximum atomic E-state index is 12.9. The molecule has 164 valence electrons. The molecule has 0 saturated carbocycles. The minimum atomic E-state index is -0.420. The lowest BCUT2D eigenvalue weighted by molar-refractivity contribution is 0.0793. The number of benzene rings is 1. The molecule has 4 rings (SSSR count). The molecular weight excluding hydrogens is 414 g/mol. The molecule has 9 heteroatoms. The van der Waals surface area contributed by atoms with Gasteiger partial charge in [0.2, 0.25) is 5.88 Å². The van der Waals surface area contributed by atoms with Crippen molar-refractivity contribution in [3.05, 3.63) is 44.5 Å². The fourth-order valence-corrected chi connectivity index (χ4v) is 4.36. The Morgan fingerprint density at radius 1 is 1.06 bits per heavy atom. The van der Waals surface area contributed by atoms with Gasteiger partial charge in [-0.15, -0.1) is 0 Å². The lowest BCUT2D eigenvalue weighted by Crippen LogP contribution is -2.27. The minimum absolute atomic E-state index is 0.00235. The van der Waals surface area contributed by atoms with Gasteiger partial charge in [-0.2, -0.15) is 0 Å². The van der Waals surface area contributed by atoms with Crippen LogP contribution in [0.15, 0.2) is 28.0 Å². The number of hydrogen-bond acceptors (Lipinski definition) is 6. The van der Waals surface area contributed by atoms with E-state index in [1.807, 2.05) is 17.0 Å². The van der Waals surface area contributed by atoms with E-state index in [0.29, 0.717) is 11.3 Å². The summed E-state index contributed by atoms with van der Waals surface area (Å²) in [4.78, 5) is 34.2. The van der Waals surface area contributed by atoms with Crippen molar-refractivity contribution >= 4 is 35.7 Å². The van der Waals surface area contributed by atoms with Gasteiger partial charge in [-0.05, 0) is 56.1 Å². The smallest absolute Gasteiger partial charge is 0.266 e. The Kier molecular flexibility index (Phi) is 5.95. The van der Waals surface area contributed by atoms with E-state index in [9.17, 15) is 14.7 Å². The Morgan fingerprint density at radius 3 is 2.39 bits per heavy atom. The first-order valence-electron chi connectivity index (χ1n) is 10.6. The summed E-state index contributed by atoms with van der Waals surface area (Å²) >= 11 is 5.17. The van der Waals surface area contributed by atoms with E-state index in [4.69, 9.17) is 12.2 Å². The first-order valence-corrected chi connectivity index (χ1v) is 11.0. The van der Waals surface area contributed by atoms with Crippen LogP contribution in [0, 0.1) is 4.77 Å². The average molecular weight is 442 g/mol. The summed E-state index contributed by atoms with van der Waals surface area (Å²) in [6.45, 7) is 3.40. The SMILES string of the molecule is Cn1c(O)c(C=Nc2cc(C(=O)N3CCCC3)ccc2N2CCCC2)c(=O)n(C)c1=S. The second kappa shape index (κ2) is 8.66. The molecule has 2 aromatic rings. The zero-order valence-corrected chi connectivity index (χ0v) is 18.7. The summed E-state index contributed by atoms with van der Waals surface area (Å²) in [6.07, 6.45) is 5.64. The van der Waals surface area contributed by atoms with Crippen LogP contribution < -0.4 is 10.5 Å². The quantitative estimate of drug-likeness (QED) is 0.583. The number of rotatable bonds is 4. The van der Waals surface area contributed by atoms with Crippen LogP contribution in [-0.4, -0.2) is 57.4 Å². The first kappa shape index (κ1) is 21.3. The van der Waals surface area contributed by atoms with E-state index in [-0.39, 0.29) is 22.1 Å². The molecule has 2 saturated heterocycles. The van der Waals surface area contributed by atoms with Gasteiger partial charge in [0.05, 0.1) is 11.4 Å². The molecule has 0 aliphatic carbocycles. The van der Waals surface area contributed by atoms with Gasteiger partial charge in [-0.25, -0.2) is 0 Å². The molecule has 0 bridgehead atoms. The van der Waals surface area contributed by atoms with Gasteiger partial charge in [0, 0.05) is 52.1 Å². The van der Waals surface area contributed by atoms with E-state index in [0.717, 1.165) is 57.5 Å². The predicted octanol–water partition coefficient (Wildman–Crippen LogP) is 2.75. The zero-order chi connectivity index (χ0) is 22.1. The highest BCUT2D eigenvalue weighted by molar-refractivity contribution is 7.71. The van der Waals surface area contributed by atoms with Crippen LogP contribution in [0.5, 0.6) is 5.88 Å². The van der Waals surface area contributed by atoms with Crippen molar-refractivity contribution < 1.29 is 9.90 Å². The van der Waals surface area contributed by atoms with Crippen LogP contribution in [0.1, 0.15) is 41.6 Å². The molecule has 2 fully saturated rings. The van der Waals surface area contributed by atoms with Crippen LogP contribution in [0.3, 0.4) is 0 Å². The van der Waals surface area contributed by atoms with Crippen molar-refractivity contribution in [3.8, 4) is 5.88 Å². The number of hydrogen-bond donors (Lipinski definition) is 1. The van der Waals surface area contributed by atoms with Gasteiger partial charge in [0.15, 0.2) is 4.77 Å². The fourth-order valence-electron chi connectivity index (χ4n) is 4.19. The largest absolute Gasteiger partial charge is 0.494 e. The normalized spacial score (nSPS) is 16.6. The maximum absolute atomic E-state index is 12.9. The lowest BCUT2D eigenvalue weighted by atomic mass is 10.1. The average Bonchev–Trinajstić information content (AvgIpc) is 3.50. The summed E-state index contributed by atoms with van der Waals surface area (Å²) in [5.74, 6) is -0.230. The summed E-state index contributed by atoms with van der Waals surface area (Å²) in [6, 6.07) is 5.58. The van der Waals surface area contributed by atoms with Gasteiger partial charge >= 0.3 is 0 Å². The highest BCUT2D eigenvalue weighted by atomic mass is 32.1. The van der Waals surface area contributed by atoms with Gasteiger partial charge in [0.25, 0.3) is 11.5 Å². The van der Waals surface area contributed by atoms with E-state index in [1.165, 1.54) is 15.3 Å². The number of aromatic hydroxyl groups is 1. The van der Waals surface area contributed by atoms with Crippen LogP contribution in [-0.2, 0) is 14.1 Å². The van der Waals surface area contributed by atoms with Gasteiger partial charge in [-0.1, -0.05) is 0 Å². The molecule has 0 unspecified atom stereocenters. The molecule has 0 radical (unpaired) electrons. The maximum Gasteiger partial charge on any atom is 0.266 e. The highest BCUT2D eigenvalue weighted by Crippen LogP contribution is 2.33. The van der Waals surface area contributed by atoms with Gasteiger partial charge < -0.3 is 14.9 Å². The number of anilines is 1. The molecule has 0 spiro atoms. The second-order valence-corrected chi connectivity index (χ2v) is 8.46.